The summed E-state index contributed by atoms with van der Waals surface area (Å²) in [5, 5.41) is 19.8. The highest BCUT2D eigenvalue weighted by Crippen LogP contribution is 2.39. The van der Waals surface area contributed by atoms with Crippen molar-refractivity contribution in [2.75, 3.05) is 11.9 Å². The molecule has 0 bridgehead atoms. The monoisotopic (exact) mass is 573 g/mol. The zero-order chi connectivity index (χ0) is 27.8. The van der Waals surface area contributed by atoms with E-state index in [2.05, 4.69) is 25.7 Å². The summed E-state index contributed by atoms with van der Waals surface area (Å²) in [5.41, 5.74) is 1.09. The first kappa shape index (κ1) is 26.7. The predicted molar refractivity (Wildman–Crippen MR) is 141 cm³/mol. The van der Waals surface area contributed by atoms with Gasteiger partial charge in [-0.25, -0.2) is 18.7 Å². The molecule has 10 nitrogen and oxygen atoms in total. The van der Waals surface area contributed by atoms with Crippen molar-refractivity contribution in [1.29, 1.82) is 0 Å². The van der Waals surface area contributed by atoms with Gasteiger partial charge in [0, 0.05) is 18.0 Å². The minimum Gasteiger partial charge on any atom is -0.394 e. The van der Waals surface area contributed by atoms with Crippen LogP contribution in [0.15, 0.2) is 42.7 Å². The molecule has 202 valence electrons. The van der Waals surface area contributed by atoms with Gasteiger partial charge in [-0.3, -0.25) is 14.3 Å². The summed E-state index contributed by atoms with van der Waals surface area (Å²) in [4.78, 5) is 37.7. The summed E-state index contributed by atoms with van der Waals surface area (Å²) < 4.78 is 28.6. The number of nitrogens with zero attached hydrogens (tertiary/aromatic N) is 5. The summed E-state index contributed by atoms with van der Waals surface area (Å²) in [6, 6.07) is 4.71. The maximum atomic E-state index is 13.6. The van der Waals surface area contributed by atoms with Crippen molar-refractivity contribution < 1.29 is 23.5 Å². The Balaban J connectivity index is 1.30. The van der Waals surface area contributed by atoms with E-state index in [1.807, 2.05) is 0 Å². The van der Waals surface area contributed by atoms with E-state index >= 15 is 0 Å². The van der Waals surface area contributed by atoms with Crippen molar-refractivity contribution in [1.82, 2.24) is 30.0 Å². The smallest absolute Gasteiger partial charge is 0.256 e. The van der Waals surface area contributed by atoms with E-state index in [0.717, 1.165) is 17.0 Å². The van der Waals surface area contributed by atoms with Gasteiger partial charge < -0.3 is 20.6 Å². The molecule has 1 unspecified atom stereocenters. The molecule has 0 radical (unpaired) electrons. The lowest BCUT2D eigenvalue weighted by Crippen LogP contribution is -2.46. The zero-order valence-electron chi connectivity index (χ0n) is 20.7. The number of amides is 2. The molecule has 39 heavy (non-hydrogen) atoms. The van der Waals surface area contributed by atoms with E-state index in [4.69, 9.17) is 11.6 Å². The number of halogens is 3. The lowest BCUT2D eigenvalue weighted by atomic mass is 10.1. The third kappa shape index (κ3) is 5.20. The summed E-state index contributed by atoms with van der Waals surface area (Å²) in [6.45, 7) is 1.21. The van der Waals surface area contributed by atoms with Crippen LogP contribution < -0.4 is 10.6 Å². The Bertz CT molecular complexity index is 1580. The van der Waals surface area contributed by atoms with Gasteiger partial charge >= 0.3 is 0 Å². The molecule has 0 saturated carbocycles. The van der Waals surface area contributed by atoms with Crippen LogP contribution in [0.3, 0.4) is 0 Å². The van der Waals surface area contributed by atoms with Crippen LogP contribution in [0.4, 0.5) is 20.5 Å². The van der Waals surface area contributed by atoms with Gasteiger partial charge in [0.15, 0.2) is 11.6 Å². The Morgan fingerprint density at radius 2 is 2.05 bits per heavy atom. The Morgan fingerprint density at radius 3 is 2.72 bits per heavy atom. The molecule has 1 aliphatic rings. The topological polar surface area (TPSA) is 125 Å². The summed E-state index contributed by atoms with van der Waals surface area (Å²) >= 11 is 7.71. The molecule has 2 atom stereocenters. The summed E-state index contributed by atoms with van der Waals surface area (Å²) in [5.74, 6) is -2.03. The van der Waals surface area contributed by atoms with E-state index in [1.54, 1.807) is 37.0 Å². The van der Waals surface area contributed by atoms with Crippen LogP contribution in [0.5, 0.6) is 0 Å². The highest BCUT2D eigenvalue weighted by Gasteiger charge is 2.36. The number of anilines is 2. The average molecular weight is 574 g/mol. The van der Waals surface area contributed by atoms with Gasteiger partial charge in [0.2, 0.25) is 11.9 Å². The Labute approximate surface area is 230 Å². The van der Waals surface area contributed by atoms with Crippen LogP contribution in [-0.4, -0.2) is 54.2 Å². The molecule has 0 fully saturated rings. The Hall–Kier alpha value is -3.94. The molecule has 0 saturated heterocycles. The number of rotatable bonds is 8. The Morgan fingerprint density at radius 1 is 1.26 bits per heavy atom. The molecular weight excluding hydrogens is 552 g/mol. The van der Waals surface area contributed by atoms with Gasteiger partial charge in [-0.15, -0.1) is 11.3 Å². The minimum absolute atomic E-state index is 0.186. The fourth-order valence-corrected chi connectivity index (χ4v) is 5.55. The zero-order valence-corrected chi connectivity index (χ0v) is 22.2. The van der Waals surface area contributed by atoms with Crippen molar-refractivity contribution in [2.45, 2.75) is 25.6 Å². The third-order valence-corrected chi connectivity index (χ3v) is 7.75. The molecule has 4 aromatic rings. The molecule has 1 aliphatic heterocycles. The van der Waals surface area contributed by atoms with Crippen molar-refractivity contribution in [3.8, 4) is 10.6 Å². The summed E-state index contributed by atoms with van der Waals surface area (Å²) in [7, 11) is 1.77. The third-order valence-electron chi connectivity index (χ3n) is 6.34. The molecule has 4 heterocycles. The van der Waals surface area contributed by atoms with Crippen LogP contribution in [0.2, 0.25) is 5.02 Å². The van der Waals surface area contributed by atoms with Crippen LogP contribution in [0.25, 0.3) is 10.6 Å². The molecule has 1 aromatic carbocycles. The first-order valence-corrected chi connectivity index (χ1v) is 12.9. The van der Waals surface area contributed by atoms with Crippen LogP contribution >= 0.6 is 22.9 Å². The quantitative estimate of drug-likeness (QED) is 0.293. The fourth-order valence-electron chi connectivity index (χ4n) is 4.15. The highest BCUT2D eigenvalue weighted by molar-refractivity contribution is 7.16. The van der Waals surface area contributed by atoms with Crippen LogP contribution in [-0.2, 0) is 18.4 Å². The fraction of sp³-hybridized carbons (Fsp3) is 0.240. The number of aliphatic hydroxyl groups is 1. The molecule has 0 spiro atoms. The number of fused-ring (bicyclic) bond motifs is 1. The molecule has 5 rings (SSSR count). The van der Waals surface area contributed by atoms with Crippen molar-refractivity contribution in [2.24, 2.45) is 7.05 Å². The van der Waals surface area contributed by atoms with Crippen molar-refractivity contribution >= 4 is 46.5 Å². The second kappa shape index (κ2) is 10.7. The lowest BCUT2D eigenvalue weighted by Gasteiger charge is -2.26. The van der Waals surface area contributed by atoms with E-state index in [1.165, 1.54) is 28.5 Å². The molecule has 0 aliphatic carbocycles. The molecular formula is C25H22ClF2N7O3S. The number of aryl methyl sites for hydroxylation is 1. The average Bonchev–Trinajstić information content (AvgIpc) is 3.60. The van der Waals surface area contributed by atoms with E-state index in [0.29, 0.717) is 32.9 Å². The number of carbonyl (C=O) groups excluding carboxylic acids is 2. The molecule has 2 amide bonds. The predicted octanol–water partition coefficient (Wildman–Crippen LogP) is 3.81. The summed E-state index contributed by atoms with van der Waals surface area (Å²) in [6.07, 6.45) is 3.10. The van der Waals surface area contributed by atoms with Gasteiger partial charge in [0.1, 0.15) is 17.6 Å². The van der Waals surface area contributed by atoms with Gasteiger partial charge in [0.25, 0.3) is 5.91 Å². The second-order valence-corrected chi connectivity index (χ2v) is 10.4. The minimum atomic E-state index is -1.09. The maximum absolute atomic E-state index is 13.6. The van der Waals surface area contributed by atoms with Crippen molar-refractivity contribution in [3.05, 3.63) is 75.4 Å². The van der Waals surface area contributed by atoms with Crippen molar-refractivity contribution in [3.63, 3.8) is 0 Å². The van der Waals surface area contributed by atoms with Gasteiger partial charge in [-0.2, -0.15) is 5.10 Å². The van der Waals surface area contributed by atoms with Crippen LogP contribution in [0.1, 0.15) is 33.8 Å². The van der Waals surface area contributed by atoms with Gasteiger partial charge in [-0.05, 0) is 30.7 Å². The number of hydrogen-bond donors (Lipinski definition) is 3. The van der Waals surface area contributed by atoms with Gasteiger partial charge in [0.05, 0.1) is 47.1 Å². The largest absolute Gasteiger partial charge is 0.394 e. The number of thiophene rings is 1. The first-order chi connectivity index (χ1) is 18.7. The van der Waals surface area contributed by atoms with E-state index in [9.17, 15) is 23.5 Å². The Kier molecular flexibility index (Phi) is 7.30. The SMILES string of the molecule is C[C@H](C(=O)NC(CO)c1ccc(F)c(F)c1)N1Cc2sc(-c3nc(Nc4ccnn4C)ncc3Cl)cc2C1=O. The lowest BCUT2D eigenvalue weighted by molar-refractivity contribution is -0.126. The standard InChI is InChI=1S/C25H22ClF2N7O3S/c1-12(23(37)31-18(11-36)13-3-4-16(27)17(28)7-13)35-10-20-14(24(35)38)8-19(39-20)22-15(26)9-29-25(33-22)32-21-5-6-30-34(21)2/h3-9,12,18,36H,10-11H2,1-2H3,(H,31,37)(H,29,32,33)/t12-,18?/m1/s1. The maximum Gasteiger partial charge on any atom is 0.256 e. The van der Waals surface area contributed by atoms with E-state index in [-0.39, 0.29) is 18.0 Å². The molecule has 3 aromatic heterocycles. The number of aromatic nitrogens is 4. The van der Waals surface area contributed by atoms with E-state index < -0.39 is 36.2 Å². The number of nitrogens with one attached hydrogen (secondary N) is 2. The normalized spacial score (nSPS) is 14.3. The molecule has 3 N–H and O–H groups in total. The number of carbonyl (C=O) groups is 2. The number of aliphatic hydroxyl groups excluding tert-OH is 1. The number of benzene rings is 1. The van der Waals surface area contributed by atoms with Gasteiger partial charge in [-0.1, -0.05) is 17.7 Å². The highest BCUT2D eigenvalue weighted by atomic mass is 35.5. The number of hydrogen-bond acceptors (Lipinski definition) is 8. The second-order valence-electron chi connectivity index (χ2n) is 8.83. The van der Waals surface area contributed by atoms with Crippen LogP contribution in [0, 0.1) is 11.6 Å². The molecule has 14 heteroatoms. The first-order valence-electron chi connectivity index (χ1n) is 11.7.